The summed E-state index contributed by atoms with van der Waals surface area (Å²) in [6.07, 6.45) is 7.63. The number of nitrogens with zero attached hydrogens (tertiary/aromatic N) is 1. The topological polar surface area (TPSA) is 55.7 Å². The molecule has 3 aliphatic rings. The van der Waals surface area contributed by atoms with Crippen molar-refractivity contribution in [2.24, 2.45) is 10.3 Å². The van der Waals surface area contributed by atoms with Crippen molar-refractivity contribution < 1.29 is 13.2 Å². The molecule has 124 valence electrons. The lowest BCUT2D eigenvalue weighted by Gasteiger charge is -2.32. The summed E-state index contributed by atoms with van der Waals surface area (Å²) in [4.78, 5) is 0. The van der Waals surface area contributed by atoms with Crippen molar-refractivity contribution in [1.82, 2.24) is 0 Å². The minimum Gasteiger partial charge on any atom is -0.470 e. The third kappa shape index (κ3) is 2.69. The number of sulfonamides is 1. The van der Waals surface area contributed by atoms with E-state index in [-0.39, 0.29) is 0 Å². The van der Waals surface area contributed by atoms with Crippen LogP contribution in [-0.4, -0.2) is 19.1 Å². The van der Waals surface area contributed by atoms with Gasteiger partial charge < -0.3 is 4.74 Å². The molecule has 0 radical (unpaired) electrons. The van der Waals surface area contributed by atoms with Gasteiger partial charge in [0.25, 0.3) is 10.0 Å². The van der Waals surface area contributed by atoms with E-state index in [4.69, 9.17) is 4.74 Å². The Morgan fingerprint density at radius 3 is 2.43 bits per heavy atom. The van der Waals surface area contributed by atoms with E-state index in [1.807, 2.05) is 30.3 Å². The maximum absolute atomic E-state index is 12.7. The van der Waals surface area contributed by atoms with Gasteiger partial charge in [-0.25, -0.2) is 8.42 Å². The summed E-state index contributed by atoms with van der Waals surface area (Å²) in [6, 6.07) is 9.74. The molecule has 1 aliphatic heterocycles. The second kappa shape index (κ2) is 5.62. The molecule has 0 N–H and O–H groups in total. The Hall–Kier alpha value is -1.36. The first-order chi connectivity index (χ1) is 11.1. The van der Waals surface area contributed by atoms with Crippen molar-refractivity contribution in [2.75, 3.05) is 0 Å². The molecule has 0 aromatic heterocycles. The van der Waals surface area contributed by atoms with E-state index in [9.17, 15) is 8.42 Å². The van der Waals surface area contributed by atoms with Crippen molar-refractivity contribution in [2.45, 2.75) is 62.2 Å². The number of hydrogen-bond acceptors (Lipinski definition) is 3. The van der Waals surface area contributed by atoms with Crippen LogP contribution >= 0.6 is 0 Å². The van der Waals surface area contributed by atoms with Gasteiger partial charge in [-0.3, -0.25) is 0 Å². The van der Waals surface area contributed by atoms with Crippen LogP contribution in [0.5, 0.6) is 0 Å². The van der Waals surface area contributed by atoms with Gasteiger partial charge in [0.05, 0.1) is 0 Å². The lowest BCUT2D eigenvalue weighted by molar-refractivity contribution is 0.159. The van der Waals surface area contributed by atoms with Crippen molar-refractivity contribution >= 4 is 15.9 Å². The largest absolute Gasteiger partial charge is 0.470 e. The predicted octanol–water partition coefficient (Wildman–Crippen LogP) is 3.99. The minimum absolute atomic E-state index is 0.398. The monoisotopic (exact) mass is 333 g/mol. The summed E-state index contributed by atoms with van der Waals surface area (Å²) in [5.74, 6) is 0.950. The Kier molecular flexibility index (Phi) is 3.71. The maximum Gasteiger partial charge on any atom is 0.265 e. The highest BCUT2D eigenvalue weighted by atomic mass is 32.2. The molecule has 2 saturated carbocycles. The molecular weight excluding hydrogens is 310 g/mol. The van der Waals surface area contributed by atoms with Crippen LogP contribution in [0.2, 0.25) is 0 Å². The Labute approximate surface area is 138 Å². The fourth-order valence-corrected chi connectivity index (χ4v) is 5.63. The first-order valence-corrected chi connectivity index (χ1v) is 10.1. The highest BCUT2D eigenvalue weighted by molar-refractivity contribution is 7.92. The molecule has 0 saturated heterocycles. The second-order valence-corrected chi connectivity index (χ2v) is 9.09. The Balaban J connectivity index is 1.63. The summed E-state index contributed by atoms with van der Waals surface area (Å²) >= 11 is 0. The number of rotatable bonds is 3. The molecule has 23 heavy (non-hydrogen) atoms. The van der Waals surface area contributed by atoms with Gasteiger partial charge in [-0.05, 0) is 37.2 Å². The first kappa shape index (κ1) is 15.2. The van der Waals surface area contributed by atoms with Crippen molar-refractivity contribution in [3.8, 4) is 0 Å². The van der Waals surface area contributed by atoms with Crippen molar-refractivity contribution in [1.29, 1.82) is 0 Å². The van der Waals surface area contributed by atoms with Gasteiger partial charge in [-0.1, -0.05) is 49.6 Å². The van der Waals surface area contributed by atoms with Gasteiger partial charge in [0.15, 0.2) is 0 Å². The van der Waals surface area contributed by atoms with Gasteiger partial charge in [0, 0.05) is 6.42 Å². The van der Waals surface area contributed by atoms with Crippen LogP contribution in [0.25, 0.3) is 0 Å². The lowest BCUT2D eigenvalue weighted by atomic mass is 9.87. The zero-order chi connectivity index (χ0) is 15.9. The van der Waals surface area contributed by atoms with Crippen LogP contribution in [-0.2, 0) is 14.8 Å². The predicted molar refractivity (Wildman–Crippen MR) is 89.8 cm³/mol. The van der Waals surface area contributed by atoms with E-state index in [1.54, 1.807) is 0 Å². The Morgan fingerprint density at radius 1 is 1.09 bits per heavy atom. The molecule has 5 heteroatoms. The number of ether oxygens (including phenoxy) is 1. The highest BCUT2D eigenvalue weighted by Gasteiger charge is 2.64. The zero-order valence-corrected chi connectivity index (χ0v) is 14.1. The van der Waals surface area contributed by atoms with Crippen LogP contribution in [0.1, 0.15) is 63.0 Å². The summed E-state index contributed by atoms with van der Waals surface area (Å²) in [5.41, 5.74) is 0.949. The average molecular weight is 333 g/mol. The first-order valence-electron chi connectivity index (χ1n) is 8.66. The van der Waals surface area contributed by atoms with Gasteiger partial charge in [0.2, 0.25) is 5.90 Å². The highest BCUT2D eigenvalue weighted by Crippen LogP contribution is 2.57. The maximum atomic E-state index is 12.7. The normalized spacial score (nSPS) is 28.9. The zero-order valence-electron chi connectivity index (χ0n) is 13.3. The quantitative estimate of drug-likeness (QED) is 0.840. The molecule has 1 spiro atoms. The summed E-state index contributed by atoms with van der Waals surface area (Å²) in [5, 5.41) is 0. The molecule has 1 heterocycles. The molecule has 2 aliphatic carbocycles. The van der Waals surface area contributed by atoms with E-state index in [2.05, 4.69) is 4.40 Å². The molecule has 1 aromatic carbocycles. The van der Waals surface area contributed by atoms with Gasteiger partial charge in [-0.15, -0.1) is 4.40 Å². The summed E-state index contributed by atoms with van der Waals surface area (Å²) in [6.45, 7) is 0. The van der Waals surface area contributed by atoms with Crippen LogP contribution in [0.15, 0.2) is 34.7 Å². The molecule has 2 fully saturated rings. The van der Waals surface area contributed by atoms with Crippen LogP contribution in [0.4, 0.5) is 0 Å². The van der Waals surface area contributed by atoms with E-state index < -0.39 is 20.9 Å². The smallest absolute Gasteiger partial charge is 0.265 e. The molecule has 1 aromatic rings. The van der Waals surface area contributed by atoms with Crippen LogP contribution in [0, 0.1) is 5.92 Å². The molecule has 0 amide bonds. The van der Waals surface area contributed by atoms with Crippen molar-refractivity contribution in [3.63, 3.8) is 0 Å². The molecular formula is C18H23NO3S. The summed E-state index contributed by atoms with van der Waals surface area (Å²) < 4.78 is 34.9. The second-order valence-electron chi connectivity index (χ2n) is 7.14. The fourth-order valence-electron chi connectivity index (χ4n) is 3.99. The van der Waals surface area contributed by atoms with Gasteiger partial charge >= 0.3 is 0 Å². The Bertz CT molecular complexity index is 701. The van der Waals surface area contributed by atoms with Gasteiger partial charge in [-0.2, -0.15) is 0 Å². The Morgan fingerprint density at radius 2 is 1.78 bits per heavy atom. The third-order valence-corrected chi connectivity index (χ3v) is 7.59. The van der Waals surface area contributed by atoms with E-state index in [0.717, 1.165) is 18.4 Å². The van der Waals surface area contributed by atoms with E-state index in [1.165, 1.54) is 19.3 Å². The number of hydrogen-bond donors (Lipinski definition) is 0. The summed E-state index contributed by atoms with van der Waals surface area (Å²) in [7, 11) is -3.48. The minimum atomic E-state index is -3.48. The fraction of sp³-hybridized carbons (Fsp3) is 0.611. The number of benzene rings is 1. The van der Waals surface area contributed by atoms with Crippen LogP contribution in [0.3, 0.4) is 0 Å². The van der Waals surface area contributed by atoms with Crippen LogP contribution < -0.4 is 0 Å². The van der Waals surface area contributed by atoms with Gasteiger partial charge in [0.1, 0.15) is 10.9 Å². The van der Waals surface area contributed by atoms with E-state index >= 15 is 0 Å². The van der Waals surface area contributed by atoms with Crippen molar-refractivity contribution in [3.05, 3.63) is 35.9 Å². The lowest BCUT2D eigenvalue weighted by Crippen LogP contribution is -2.38. The third-order valence-electron chi connectivity index (χ3n) is 5.50. The standard InChI is InChI=1S/C18H23NO3S/c20-23(21)18(11-12-18)17(15-9-5-2-6-10-15)22-16(19-23)13-14-7-3-1-4-8-14/h2,5-6,9-10,14,17H,1,3-4,7-8,11-13H2. The molecule has 4 nitrogen and oxygen atoms in total. The SMILES string of the molecule is O=S1(=O)N=C(CC2CCCCC2)OC(c2ccccc2)C12CC2. The molecule has 1 unspecified atom stereocenters. The average Bonchev–Trinajstić information content (AvgIpc) is 3.35. The molecule has 4 rings (SSSR count). The van der Waals surface area contributed by atoms with E-state index in [0.29, 0.717) is 31.1 Å². The molecule has 0 bridgehead atoms. The molecule has 1 atom stereocenters.